The van der Waals surface area contributed by atoms with Crippen molar-refractivity contribution in [2.45, 2.75) is 78.3 Å². The predicted molar refractivity (Wildman–Crippen MR) is 211 cm³/mol. The number of rotatable bonds is 11. The van der Waals surface area contributed by atoms with Crippen molar-refractivity contribution in [3.63, 3.8) is 0 Å². The summed E-state index contributed by atoms with van der Waals surface area (Å²) in [5.74, 6) is 0.302. The van der Waals surface area contributed by atoms with E-state index in [1.807, 2.05) is 31.2 Å². The van der Waals surface area contributed by atoms with Gasteiger partial charge < -0.3 is 9.68 Å². The molecule has 0 unspecified atom stereocenters. The predicted octanol–water partition coefficient (Wildman–Crippen LogP) is 10.2. The summed E-state index contributed by atoms with van der Waals surface area (Å²) in [5.41, 5.74) is 8.86. The SMILES string of the molecule is CCC(C)(CC)NOC(=O)c1ccccc1-c1c2cc(I)c(=O)c(I)c-2sc2c(I)c(ONC(C)(CC)CC)c(I)cc12. The lowest BCUT2D eigenvalue weighted by molar-refractivity contribution is -0.00389. The van der Waals surface area contributed by atoms with Gasteiger partial charge in [-0.05, 0) is 159 Å². The molecule has 6 nitrogen and oxygen atoms in total. The molecule has 0 fully saturated rings. The fourth-order valence-electron chi connectivity index (χ4n) is 4.44. The van der Waals surface area contributed by atoms with Crippen LogP contribution in [0.15, 0.2) is 41.2 Å². The van der Waals surface area contributed by atoms with Gasteiger partial charge in [-0.2, -0.15) is 5.48 Å². The number of fused-ring (bicyclic) bond motifs is 2. The van der Waals surface area contributed by atoms with Gasteiger partial charge in [0.25, 0.3) is 0 Å². The van der Waals surface area contributed by atoms with Crippen LogP contribution in [-0.4, -0.2) is 17.0 Å². The van der Waals surface area contributed by atoms with Crippen molar-refractivity contribution in [3.05, 3.63) is 66.5 Å². The molecule has 0 radical (unpaired) electrons. The maximum absolute atomic E-state index is 13.6. The summed E-state index contributed by atoms with van der Waals surface area (Å²) in [6.07, 6.45) is 3.46. The van der Waals surface area contributed by atoms with Crippen molar-refractivity contribution in [2.75, 3.05) is 0 Å². The molecule has 0 amide bonds. The lowest BCUT2D eigenvalue weighted by Crippen LogP contribution is -2.43. The molecule has 0 saturated heterocycles. The Labute approximate surface area is 311 Å². The Hall–Kier alpha value is -0.340. The van der Waals surface area contributed by atoms with Crippen LogP contribution in [0.25, 0.3) is 31.7 Å². The molecule has 0 bridgehead atoms. The van der Waals surface area contributed by atoms with Gasteiger partial charge in [-0.1, -0.05) is 45.9 Å². The molecule has 1 aliphatic heterocycles. The molecule has 0 atom stereocenters. The molecule has 2 aromatic rings. The highest BCUT2D eigenvalue weighted by Crippen LogP contribution is 2.49. The van der Waals surface area contributed by atoms with E-state index in [4.69, 9.17) is 9.68 Å². The number of hydrogen-bond acceptors (Lipinski definition) is 7. The van der Waals surface area contributed by atoms with Gasteiger partial charge in [0.2, 0.25) is 5.43 Å². The summed E-state index contributed by atoms with van der Waals surface area (Å²) >= 11 is 10.5. The van der Waals surface area contributed by atoms with Crippen LogP contribution in [0.4, 0.5) is 0 Å². The van der Waals surface area contributed by atoms with Crippen LogP contribution >= 0.6 is 102 Å². The molecular weight excluding hydrogens is 1020 g/mol. The van der Waals surface area contributed by atoms with E-state index < -0.39 is 5.97 Å². The van der Waals surface area contributed by atoms with E-state index in [1.54, 1.807) is 17.4 Å². The molecule has 0 aromatic heterocycles. The molecule has 1 heterocycles. The maximum atomic E-state index is 13.6. The van der Waals surface area contributed by atoms with Crippen LogP contribution < -0.4 is 21.2 Å². The molecule has 11 heteroatoms. The van der Waals surface area contributed by atoms with E-state index in [9.17, 15) is 9.59 Å². The van der Waals surface area contributed by atoms with Crippen molar-refractivity contribution >= 4 is 118 Å². The zero-order chi connectivity index (χ0) is 31.7. The molecule has 0 saturated carbocycles. The molecule has 2 aromatic carbocycles. The minimum Gasteiger partial charge on any atom is -0.406 e. The van der Waals surface area contributed by atoms with Crippen molar-refractivity contribution in [2.24, 2.45) is 0 Å². The number of benzene rings is 3. The molecule has 43 heavy (non-hydrogen) atoms. The summed E-state index contributed by atoms with van der Waals surface area (Å²) < 4.78 is 4.17. The zero-order valence-electron chi connectivity index (χ0n) is 24.8. The summed E-state index contributed by atoms with van der Waals surface area (Å²) in [6, 6.07) is 11.6. The Bertz CT molecular complexity index is 1700. The highest BCUT2D eigenvalue weighted by molar-refractivity contribution is 14.1. The second-order valence-electron chi connectivity index (χ2n) is 11.0. The highest BCUT2D eigenvalue weighted by Gasteiger charge is 2.29. The first kappa shape index (κ1) is 35.5. The number of carbonyl (C=O) groups is 1. The quantitative estimate of drug-likeness (QED) is 0.0886. The standard InChI is InChI=1S/C32H34I4N2O4S/c1-7-31(5,8-2)37-41-27-22(34)16-20-23(19-15-21(33)26(39)24(35)28(19)43-29(20)25(27)36)17-13-11-12-14-18(17)30(40)42-38-32(6,9-3)10-4/h11-16,37-38H,7-10H2,1-6H3. The van der Waals surface area contributed by atoms with E-state index >= 15 is 0 Å². The second kappa shape index (κ2) is 14.6. The van der Waals surface area contributed by atoms with Crippen molar-refractivity contribution in [1.82, 2.24) is 11.0 Å². The minimum absolute atomic E-state index is 0.00544. The average molecular weight is 1050 g/mol. The molecule has 2 N–H and O–H groups in total. The lowest BCUT2D eigenvalue weighted by Gasteiger charge is -2.28. The normalized spacial score (nSPS) is 12.2. The Kier molecular flexibility index (Phi) is 12.1. The third-order valence-corrected chi connectivity index (χ3v) is 14.0. The number of nitrogens with one attached hydrogen (secondary N) is 2. The van der Waals surface area contributed by atoms with Crippen LogP contribution in [-0.2, 0) is 4.84 Å². The molecule has 1 aliphatic carbocycles. The van der Waals surface area contributed by atoms with Crippen LogP contribution in [0.5, 0.6) is 5.75 Å². The molecule has 0 spiro atoms. The van der Waals surface area contributed by atoms with Crippen molar-refractivity contribution < 1.29 is 14.5 Å². The Morgan fingerprint density at radius 1 is 0.837 bits per heavy atom. The molecular formula is C32H34I4N2O4S. The summed E-state index contributed by atoms with van der Waals surface area (Å²) in [6.45, 7) is 12.6. The highest BCUT2D eigenvalue weighted by atomic mass is 127. The van der Waals surface area contributed by atoms with E-state index in [2.05, 4.69) is 142 Å². The summed E-state index contributed by atoms with van der Waals surface area (Å²) in [7, 11) is 0. The first-order valence-electron chi connectivity index (χ1n) is 14.1. The first-order valence-corrected chi connectivity index (χ1v) is 19.2. The lowest BCUT2D eigenvalue weighted by atomic mass is 9.92. The third kappa shape index (κ3) is 7.31. The van der Waals surface area contributed by atoms with E-state index in [1.165, 1.54) is 0 Å². The summed E-state index contributed by atoms with van der Waals surface area (Å²) in [4.78, 5) is 39.7. The minimum atomic E-state index is -0.450. The number of hydrogen-bond donors (Lipinski definition) is 2. The van der Waals surface area contributed by atoms with Gasteiger partial charge in [0.05, 0.1) is 40.5 Å². The third-order valence-electron chi connectivity index (χ3n) is 8.33. The fraction of sp³-hybridized carbons (Fsp3) is 0.375. The zero-order valence-corrected chi connectivity index (χ0v) is 34.3. The van der Waals surface area contributed by atoms with Crippen LogP contribution in [0.3, 0.4) is 0 Å². The Balaban J connectivity index is 2.00. The van der Waals surface area contributed by atoms with Gasteiger partial charge in [-0.25, -0.2) is 4.79 Å². The molecule has 230 valence electrons. The van der Waals surface area contributed by atoms with Gasteiger partial charge in [0, 0.05) is 10.9 Å². The van der Waals surface area contributed by atoms with E-state index in [-0.39, 0.29) is 16.5 Å². The van der Waals surface area contributed by atoms with Crippen molar-refractivity contribution in [3.8, 4) is 27.3 Å². The van der Waals surface area contributed by atoms with Gasteiger partial charge in [0.1, 0.15) is 0 Å². The number of carbonyl (C=O) groups excluding carboxylic acids is 1. The van der Waals surface area contributed by atoms with Gasteiger partial charge in [-0.3, -0.25) is 4.79 Å². The monoisotopic (exact) mass is 1050 g/mol. The average Bonchev–Trinajstić information content (AvgIpc) is 3.01. The van der Waals surface area contributed by atoms with Crippen LogP contribution in [0.2, 0.25) is 0 Å². The Morgan fingerprint density at radius 3 is 2.07 bits per heavy atom. The van der Waals surface area contributed by atoms with Gasteiger partial charge >= 0.3 is 5.97 Å². The summed E-state index contributed by atoms with van der Waals surface area (Å²) in [5, 5.41) is 0.984. The molecule has 2 aliphatic rings. The number of hydroxylamine groups is 2. The van der Waals surface area contributed by atoms with Crippen LogP contribution in [0.1, 0.15) is 77.6 Å². The topological polar surface area (TPSA) is 76.7 Å². The number of halogens is 4. The second-order valence-corrected chi connectivity index (χ2v) is 16.5. The first-order chi connectivity index (χ1) is 20.3. The smallest absolute Gasteiger partial charge is 0.357 e. The van der Waals surface area contributed by atoms with E-state index in [0.29, 0.717) is 12.7 Å². The largest absolute Gasteiger partial charge is 0.406 e. The maximum Gasteiger partial charge on any atom is 0.357 e. The van der Waals surface area contributed by atoms with E-state index in [0.717, 1.165) is 70.2 Å². The van der Waals surface area contributed by atoms with Gasteiger partial charge in [0.15, 0.2) is 5.75 Å². The Morgan fingerprint density at radius 2 is 1.44 bits per heavy atom. The van der Waals surface area contributed by atoms with Crippen molar-refractivity contribution in [1.29, 1.82) is 0 Å². The molecule has 4 rings (SSSR count). The fourth-order valence-corrected chi connectivity index (χ4v) is 9.78. The van der Waals surface area contributed by atoms with Gasteiger partial charge in [-0.15, -0.1) is 16.8 Å². The van der Waals surface area contributed by atoms with Crippen LogP contribution in [0, 0.1) is 14.3 Å².